The summed E-state index contributed by atoms with van der Waals surface area (Å²) in [6.45, 7) is 10.4. The van der Waals surface area contributed by atoms with Gasteiger partial charge in [-0.1, -0.05) is 26.7 Å². The molecule has 7 heteroatoms. The molecule has 0 aromatic carbocycles. The molecule has 0 unspecified atom stereocenters. The van der Waals surface area contributed by atoms with Crippen molar-refractivity contribution in [2.24, 2.45) is 5.92 Å². The van der Waals surface area contributed by atoms with Gasteiger partial charge in [0.05, 0.1) is 52.9 Å². The maximum Gasteiger partial charge on any atom is 0.220 e. The molecular formula is C20H39NO6. The van der Waals surface area contributed by atoms with E-state index in [1.54, 1.807) is 6.92 Å². The summed E-state index contributed by atoms with van der Waals surface area (Å²) in [6.07, 6.45) is 4.28. The number of rotatable bonds is 20. The SMILES string of the molecule is CC(=O)CCOCCOCCOCCOCCNC(=O)CCCCC(C)C. The molecule has 0 heterocycles. The first-order chi connectivity index (χ1) is 13.0. The third-order valence-corrected chi connectivity index (χ3v) is 3.72. The molecule has 0 fully saturated rings. The highest BCUT2D eigenvalue weighted by atomic mass is 16.6. The number of carbonyl (C=O) groups excluding carboxylic acids is 2. The van der Waals surface area contributed by atoms with Crippen molar-refractivity contribution < 1.29 is 28.5 Å². The maximum atomic E-state index is 11.6. The van der Waals surface area contributed by atoms with E-state index in [-0.39, 0.29) is 11.7 Å². The summed E-state index contributed by atoms with van der Waals surface area (Å²) in [7, 11) is 0. The van der Waals surface area contributed by atoms with E-state index in [4.69, 9.17) is 18.9 Å². The molecule has 0 saturated heterocycles. The van der Waals surface area contributed by atoms with E-state index in [1.165, 1.54) is 6.42 Å². The lowest BCUT2D eigenvalue weighted by molar-refractivity contribution is -0.121. The molecule has 1 N–H and O–H groups in total. The van der Waals surface area contributed by atoms with E-state index in [1.807, 2.05) is 0 Å². The first-order valence-corrected chi connectivity index (χ1v) is 10.1. The van der Waals surface area contributed by atoms with Crippen molar-refractivity contribution in [2.45, 2.75) is 52.9 Å². The van der Waals surface area contributed by atoms with E-state index in [0.29, 0.717) is 78.2 Å². The van der Waals surface area contributed by atoms with Crippen LogP contribution in [-0.2, 0) is 28.5 Å². The van der Waals surface area contributed by atoms with Gasteiger partial charge in [0.1, 0.15) is 5.78 Å². The van der Waals surface area contributed by atoms with Crippen LogP contribution in [0.15, 0.2) is 0 Å². The van der Waals surface area contributed by atoms with Gasteiger partial charge in [-0.05, 0) is 19.3 Å². The van der Waals surface area contributed by atoms with E-state index in [0.717, 1.165) is 12.8 Å². The smallest absolute Gasteiger partial charge is 0.220 e. The van der Waals surface area contributed by atoms with Crippen molar-refractivity contribution in [3.05, 3.63) is 0 Å². The Kier molecular flexibility index (Phi) is 19.0. The van der Waals surface area contributed by atoms with Gasteiger partial charge < -0.3 is 24.3 Å². The van der Waals surface area contributed by atoms with Crippen LogP contribution in [0.5, 0.6) is 0 Å². The van der Waals surface area contributed by atoms with E-state index >= 15 is 0 Å². The van der Waals surface area contributed by atoms with Crippen molar-refractivity contribution in [3.8, 4) is 0 Å². The van der Waals surface area contributed by atoms with Crippen molar-refractivity contribution in [1.29, 1.82) is 0 Å². The zero-order valence-corrected chi connectivity index (χ0v) is 17.4. The Morgan fingerprint density at radius 1 is 0.741 bits per heavy atom. The monoisotopic (exact) mass is 389 g/mol. The van der Waals surface area contributed by atoms with Crippen LogP contribution in [0.4, 0.5) is 0 Å². The van der Waals surface area contributed by atoms with Crippen molar-refractivity contribution in [3.63, 3.8) is 0 Å². The molecule has 0 aliphatic rings. The minimum atomic E-state index is 0.0982. The number of unbranched alkanes of at least 4 members (excludes halogenated alkanes) is 1. The third kappa shape index (κ3) is 22.9. The second-order valence-corrected chi connectivity index (χ2v) is 6.89. The van der Waals surface area contributed by atoms with Crippen LogP contribution in [0.1, 0.15) is 52.9 Å². The molecule has 0 atom stereocenters. The van der Waals surface area contributed by atoms with Crippen molar-refractivity contribution in [1.82, 2.24) is 5.32 Å². The predicted molar refractivity (Wildman–Crippen MR) is 105 cm³/mol. The fourth-order valence-corrected chi connectivity index (χ4v) is 2.17. The molecule has 0 bridgehead atoms. The molecule has 0 radical (unpaired) electrons. The van der Waals surface area contributed by atoms with Crippen LogP contribution in [0, 0.1) is 5.92 Å². The molecule has 27 heavy (non-hydrogen) atoms. The van der Waals surface area contributed by atoms with E-state index in [9.17, 15) is 9.59 Å². The molecule has 0 saturated carbocycles. The van der Waals surface area contributed by atoms with Gasteiger partial charge in [0.15, 0.2) is 0 Å². The number of Topliss-reactive ketones (excluding diaryl/α,β-unsaturated/α-hetero) is 1. The van der Waals surface area contributed by atoms with Crippen molar-refractivity contribution in [2.75, 3.05) is 59.4 Å². The minimum absolute atomic E-state index is 0.0982. The molecule has 0 aromatic heterocycles. The first-order valence-electron chi connectivity index (χ1n) is 10.1. The first kappa shape index (κ1) is 26.0. The second-order valence-electron chi connectivity index (χ2n) is 6.89. The van der Waals surface area contributed by atoms with Gasteiger partial charge in [0.25, 0.3) is 0 Å². The van der Waals surface area contributed by atoms with Gasteiger partial charge in [0.2, 0.25) is 5.91 Å². The van der Waals surface area contributed by atoms with Gasteiger partial charge in [0, 0.05) is 19.4 Å². The summed E-state index contributed by atoms with van der Waals surface area (Å²) in [5, 5.41) is 2.86. The standard InChI is InChI=1S/C20H39NO6/c1-18(2)6-4-5-7-20(23)21-9-11-25-13-15-27-17-16-26-14-12-24-10-8-19(3)22/h18H,4-17H2,1-3H3,(H,21,23). The number of ether oxygens (including phenoxy) is 4. The second kappa shape index (κ2) is 19.7. The van der Waals surface area contributed by atoms with E-state index in [2.05, 4.69) is 19.2 Å². The van der Waals surface area contributed by atoms with Crippen LogP contribution in [0.25, 0.3) is 0 Å². The number of nitrogens with one attached hydrogen (secondary N) is 1. The topological polar surface area (TPSA) is 83.1 Å². The molecule has 0 rings (SSSR count). The van der Waals surface area contributed by atoms with Crippen LogP contribution in [0.3, 0.4) is 0 Å². The van der Waals surface area contributed by atoms with E-state index < -0.39 is 0 Å². The molecule has 0 aromatic rings. The predicted octanol–water partition coefficient (Wildman–Crippen LogP) is 2.36. The zero-order valence-electron chi connectivity index (χ0n) is 17.4. The zero-order chi connectivity index (χ0) is 20.2. The lowest BCUT2D eigenvalue weighted by Crippen LogP contribution is -2.27. The minimum Gasteiger partial charge on any atom is -0.379 e. The van der Waals surface area contributed by atoms with Gasteiger partial charge >= 0.3 is 0 Å². The van der Waals surface area contributed by atoms with Crippen LogP contribution in [0.2, 0.25) is 0 Å². The van der Waals surface area contributed by atoms with Gasteiger partial charge in [-0.2, -0.15) is 0 Å². The van der Waals surface area contributed by atoms with Crippen molar-refractivity contribution >= 4 is 11.7 Å². The average molecular weight is 390 g/mol. The molecule has 7 nitrogen and oxygen atoms in total. The third-order valence-electron chi connectivity index (χ3n) is 3.72. The normalized spacial score (nSPS) is 11.1. The van der Waals surface area contributed by atoms with Crippen LogP contribution in [-0.4, -0.2) is 71.1 Å². The van der Waals surface area contributed by atoms with Gasteiger partial charge in [-0.15, -0.1) is 0 Å². The number of hydrogen-bond acceptors (Lipinski definition) is 6. The Labute approximate surface area is 164 Å². The van der Waals surface area contributed by atoms with Gasteiger partial charge in [-0.3, -0.25) is 9.59 Å². The molecule has 160 valence electrons. The Hall–Kier alpha value is -1.02. The summed E-state index contributed by atoms with van der Waals surface area (Å²) in [6, 6.07) is 0. The number of carbonyl (C=O) groups is 2. The van der Waals surface area contributed by atoms with Gasteiger partial charge in [-0.25, -0.2) is 0 Å². The Balaban J connectivity index is 3.14. The van der Waals surface area contributed by atoms with Crippen LogP contribution < -0.4 is 5.32 Å². The molecule has 0 spiro atoms. The highest BCUT2D eigenvalue weighted by molar-refractivity contribution is 5.75. The summed E-state index contributed by atoms with van der Waals surface area (Å²) in [5.41, 5.74) is 0. The summed E-state index contributed by atoms with van der Waals surface area (Å²) in [4.78, 5) is 22.3. The highest BCUT2D eigenvalue weighted by Crippen LogP contribution is 2.07. The summed E-state index contributed by atoms with van der Waals surface area (Å²) in [5.74, 6) is 0.930. The Morgan fingerprint density at radius 2 is 1.26 bits per heavy atom. The Morgan fingerprint density at radius 3 is 1.78 bits per heavy atom. The quantitative estimate of drug-likeness (QED) is 0.322. The highest BCUT2D eigenvalue weighted by Gasteiger charge is 2.01. The largest absolute Gasteiger partial charge is 0.379 e. The number of hydrogen-bond donors (Lipinski definition) is 1. The Bertz CT molecular complexity index is 362. The molecule has 1 amide bonds. The molecule has 0 aliphatic carbocycles. The molecular weight excluding hydrogens is 350 g/mol. The summed E-state index contributed by atoms with van der Waals surface area (Å²) >= 11 is 0. The number of amides is 1. The lowest BCUT2D eigenvalue weighted by Gasteiger charge is -2.08. The molecule has 0 aliphatic heterocycles. The lowest BCUT2D eigenvalue weighted by atomic mass is 10.1. The van der Waals surface area contributed by atoms with Crippen LogP contribution >= 0.6 is 0 Å². The fraction of sp³-hybridized carbons (Fsp3) is 0.900. The fourth-order valence-electron chi connectivity index (χ4n) is 2.17. The maximum absolute atomic E-state index is 11.6. The summed E-state index contributed by atoms with van der Waals surface area (Å²) < 4.78 is 21.4. The number of ketones is 1. The average Bonchev–Trinajstić information content (AvgIpc) is 2.61.